The van der Waals surface area contributed by atoms with E-state index in [4.69, 9.17) is 14.2 Å². The topological polar surface area (TPSA) is 78.9 Å². The van der Waals surface area contributed by atoms with E-state index >= 15 is 0 Å². The summed E-state index contributed by atoms with van der Waals surface area (Å²) >= 11 is 0. The van der Waals surface area contributed by atoms with E-state index in [1.807, 2.05) is 0 Å². The number of rotatable bonds is 42. The molecule has 0 aromatic carbocycles. The minimum Gasteiger partial charge on any atom is -0.462 e. The quantitative estimate of drug-likeness (QED) is 0.0267. The first kappa shape index (κ1) is 51.9. The van der Waals surface area contributed by atoms with Crippen LogP contribution in [-0.4, -0.2) is 37.2 Å². The van der Waals surface area contributed by atoms with Gasteiger partial charge in [-0.2, -0.15) is 0 Å². The Balaban J connectivity index is 4.25. The van der Waals surface area contributed by atoms with Gasteiger partial charge in [0.15, 0.2) is 6.10 Å². The minimum atomic E-state index is -0.789. The Kier molecular flexibility index (Phi) is 41.9. The average Bonchev–Trinajstić information content (AvgIpc) is 3.17. The predicted molar refractivity (Wildman–Crippen MR) is 229 cm³/mol. The van der Waals surface area contributed by atoms with Gasteiger partial charge in [-0.15, -0.1) is 0 Å². The zero-order valence-corrected chi connectivity index (χ0v) is 36.0. The molecule has 0 N–H and O–H groups in total. The van der Waals surface area contributed by atoms with E-state index in [0.29, 0.717) is 19.3 Å². The molecular weight excluding hydrogens is 673 g/mol. The summed E-state index contributed by atoms with van der Waals surface area (Å²) in [6, 6.07) is 0. The van der Waals surface area contributed by atoms with E-state index in [1.54, 1.807) is 0 Å². The largest absolute Gasteiger partial charge is 0.462 e. The zero-order chi connectivity index (χ0) is 39.4. The van der Waals surface area contributed by atoms with Gasteiger partial charge in [-0.25, -0.2) is 0 Å². The molecule has 0 bridgehead atoms. The van der Waals surface area contributed by atoms with E-state index < -0.39 is 6.10 Å². The van der Waals surface area contributed by atoms with Crippen molar-refractivity contribution < 1.29 is 28.6 Å². The summed E-state index contributed by atoms with van der Waals surface area (Å²) in [4.78, 5) is 37.6. The fourth-order valence-electron chi connectivity index (χ4n) is 6.63. The van der Waals surface area contributed by atoms with Gasteiger partial charge in [-0.3, -0.25) is 14.4 Å². The smallest absolute Gasteiger partial charge is 0.306 e. The molecule has 0 amide bonds. The van der Waals surface area contributed by atoms with Gasteiger partial charge in [0.25, 0.3) is 0 Å². The van der Waals surface area contributed by atoms with Crippen LogP contribution >= 0.6 is 0 Å². The van der Waals surface area contributed by atoms with Gasteiger partial charge in [0, 0.05) is 19.3 Å². The van der Waals surface area contributed by atoms with Crippen molar-refractivity contribution in [2.24, 2.45) is 0 Å². The van der Waals surface area contributed by atoms with Crippen molar-refractivity contribution in [1.29, 1.82) is 0 Å². The maximum absolute atomic E-state index is 12.6. The zero-order valence-electron chi connectivity index (χ0n) is 36.0. The summed E-state index contributed by atoms with van der Waals surface area (Å²) in [7, 11) is 0. The Labute approximate surface area is 334 Å². The number of unbranched alkanes of at least 4 members (excludes halogenated alkanes) is 27. The van der Waals surface area contributed by atoms with Gasteiger partial charge in [0.05, 0.1) is 0 Å². The number of hydrogen-bond acceptors (Lipinski definition) is 6. The first-order valence-electron chi connectivity index (χ1n) is 23.3. The number of allylic oxidation sites excluding steroid dienone is 4. The van der Waals surface area contributed by atoms with Crippen molar-refractivity contribution in [2.75, 3.05) is 13.2 Å². The Morgan fingerprint density at radius 1 is 0.352 bits per heavy atom. The molecule has 0 heterocycles. The molecule has 0 aliphatic rings. The number of carbonyl (C=O) groups excluding carboxylic acids is 3. The predicted octanol–water partition coefficient (Wildman–Crippen LogP) is 14.8. The highest BCUT2D eigenvalue weighted by molar-refractivity contribution is 5.71. The molecule has 0 aromatic rings. The van der Waals surface area contributed by atoms with Crippen molar-refractivity contribution in [3.05, 3.63) is 24.3 Å². The first-order valence-corrected chi connectivity index (χ1v) is 23.3. The van der Waals surface area contributed by atoms with Gasteiger partial charge >= 0.3 is 17.9 Å². The second kappa shape index (κ2) is 43.6. The van der Waals surface area contributed by atoms with Crippen LogP contribution in [0.5, 0.6) is 0 Å². The fraction of sp³-hybridized carbons (Fsp3) is 0.854. The third-order valence-corrected chi connectivity index (χ3v) is 10.2. The van der Waals surface area contributed by atoms with Crippen LogP contribution in [0.2, 0.25) is 0 Å². The van der Waals surface area contributed by atoms with E-state index in [2.05, 4.69) is 45.1 Å². The Bertz CT molecular complexity index is 880. The molecule has 6 heteroatoms. The molecule has 1 unspecified atom stereocenters. The second-order valence-corrected chi connectivity index (χ2v) is 15.7. The second-order valence-electron chi connectivity index (χ2n) is 15.7. The van der Waals surface area contributed by atoms with Crippen LogP contribution in [0, 0.1) is 0 Å². The number of carbonyl (C=O) groups is 3. The molecule has 0 radical (unpaired) electrons. The van der Waals surface area contributed by atoms with Gasteiger partial charge in [0.1, 0.15) is 13.2 Å². The molecule has 0 saturated carbocycles. The number of hydrogen-bond donors (Lipinski definition) is 0. The first-order chi connectivity index (χ1) is 26.5. The molecule has 0 spiro atoms. The van der Waals surface area contributed by atoms with E-state index in [-0.39, 0.29) is 37.5 Å². The lowest BCUT2D eigenvalue weighted by Gasteiger charge is -2.18. The third-order valence-electron chi connectivity index (χ3n) is 10.2. The molecule has 0 saturated heterocycles. The average molecular weight is 761 g/mol. The third kappa shape index (κ3) is 41.1. The lowest BCUT2D eigenvalue weighted by atomic mass is 10.0. The molecule has 0 aliphatic carbocycles. The summed E-state index contributed by atoms with van der Waals surface area (Å²) < 4.78 is 16.6. The van der Waals surface area contributed by atoms with Crippen molar-refractivity contribution in [1.82, 2.24) is 0 Å². The molecule has 316 valence electrons. The van der Waals surface area contributed by atoms with Crippen molar-refractivity contribution in [2.45, 2.75) is 252 Å². The van der Waals surface area contributed by atoms with Gasteiger partial charge in [-0.05, 0) is 57.8 Å². The Hall–Kier alpha value is -2.11. The highest BCUT2D eigenvalue weighted by Crippen LogP contribution is 2.15. The molecule has 0 rings (SSSR count). The maximum Gasteiger partial charge on any atom is 0.306 e. The summed E-state index contributed by atoms with van der Waals surface area (Å²) in [6.45, 7) is 6.53. The van der Waals surface area contributed by atoms with Crippen molar-refractivity contribution >= 4 is 17.9 Å². The lowest BCUT2D eigenvalue weighted by molar-refractivity contribution is -0.167. The van der Waals surface area contributed by atoms with Gasteiger partial charge in [0.2, 0.25) is 0 Å². The minimum absolute atomic E-state index is 0.0880. The van der Waals surface area contributed by atoms with Crippen LogP contribution in [0.4, 0.5) is 0 Å². The number of esters is 3. The van der Waals surface area contributed by atoms with Gasteiger partial charge in [-0.1, -0.05) is 193 Å². The van der Waals surface area contributed by atoms with E-state index in [1.165, 1.54) is 148 Å². The van der Waals surface area contributed by atoms with Crippen LogP contribution in [0.3, 0.4) is 0 Å². The van der Waals surface area contributed by atoms with Crippen LogP contribution in [0.25, 0.3) is 0 Å². The van der Waals surface area contributed by atoms with Crippen LogP contribution < -0.4 is 0 Å². The van der Waals surface area contributed by atoms with Crippen LogP contribution in [-0.2, 0) is 28.6 Å². The molecular formula is C48H88O6. The Morgan fingerprint density at radius 2 is 0.630 bits per heavy atom. The summed E-state index contributed by atoms with van der Waals surface area (Å²) in [6.07, 6.45) is 47.6. The molecule has 54 heavy (non-hydrogen) atoms. The van der Waals surface area contributed by atoms with Crippen LogP contribution in [0.1, 0.15) is 245 Å². The summed E-state index contributed by atoms with van der Waals surface area (Å²) in [5.41, 5.74) is 0. The number of ether oxygens (including phenoxy) is 3. The monoisotopic (exact) mass is 761 g/mol. The molecule has 6 nitrogen and oxygen atoms in total. The Morgan fingerprint density at radius 3 is 1.00 bits per heavy atom. The van der Waals surface area contributed by atoms with Crippen LogP contribution in [0.15, 0.2) is 24.3 Å². The summed E-state index contributed by atoms with van der Waals surface area (Å²) in [5, 5.41) is 0. The highest BCUT2D eigenvalue weighted by Gasteiger charge is 2.19. The van der Waals surface area contributed by atoms with Crippen molar-refractivity contribution in [3.8, 4) is 0 Å². The molecule has 1 atom stereocenters. The lowest BCUT2D eigenvalue weighted by Crippen LogP contribution is -2.30. The van der Waals surface area contributed by atoms with E-state index in [0.717, 1.165) is 51.4 Å². The standard InChI is InChI=1S/C48H88O6/c1-4-7-10-13-16-19-20-21-22-23-24-25-26-27-30-32-35-38-41-47(50)53-44-45(54-48(51)42-39-36-33-29-18-15-12-9-6-3)43-52-46(49)40-37-34-31-28-17-14-11-8-5-2/h28-29,31,33,45H,4-27,30,32,34-44H2,1-3H3/b31-28-,33-29-. The van der Waals surface area contributed by atoms with Gasteiger partial charge < -0.3 is 14.2 Å². The molecule has 0 aliphatic heterocycles. The normalized spacial score (nSPS) is 12.1. The maximum atomic E-state index is 12.6. The van der Waals surface area contributed by atoms with Crippen molar-refractivity contribution in [3.63, 3.8) is 0 Å². The molecule has 0 aromatic heterocycles. The van der Waals surface area contributed by atoms with E-state index in [9.17, 15) is 14.4 Å². The highest BCUT2D eigenvalue weighted by atomic mass is 16.6. The fourth-order valence-corrected chi connectivity index (χ4v) is 6.63. The molecule has 0 fully saturated rings. The summed E-state index contributed by atoms with van der Waals surface area (Å²) in [5.74, 6) is -0.956. The SMILES string of the molecule is CCCCCC/C=C\CCCC(=O)OCC(COC(=O)CCCCCCCCCCCCCCCCCCCC)OC(=O)CCC/C=C\CCCCCC.